The van der Waals surface area contributed by atoms with Gasteiger partial charge in [-0.1, -0.05) is 112 Å². The first-order chi connectivity index (χ1) is 15.7. The molecule has 0 saturated carbocycles. The minimum atomic E-state index is -0.0993. The standard InChI is InChI=1S/C28H38O4/c29-27(31-23-25-17-11-9-12-18-25)21-15-7-5-3-1-2-4-6-8-16-22-28(30)32-24-26-19-13-10-14-20-26/h9-14,17-20H,1-8,15-16,21-24H2. The van der Waals surface area contributed by atoms with E-state index in [1.165, 1.54) is 38.5 Å². The summed E-state index contributed by atoms with van der Waals surface area (Å²) in [4.78, 5) is 23.5. The maximum atomic E-state index is 11.8. The number of benzene rings is 2. The number of unbranched alkanes of at least 4 members (excludes halogenated alkanes) is 9. The third-order valence-corrected chi connectivity index (χ3v) is 5.50. The maximum absolute atomic E-state index is 11.8. The van der Waals surface area contributed by atoms with E-state index in [9.17, 15) is 9.59 Å². The monoisotopic (exact) mass is 438 g/mol. The Balaban J connectivity index is 1.31. The fourth-order valence-corrected chi connectivity index (χ4v) is 3.57. The van der Waals surface area contributed by atoms with Crippen LogP contribution in [0.1, 0.15) is 88.2 Å². The van der Waals surface area contributed by atoms with Gasteiger partial charge < -0.3 is 9.47 Å². The van der Waals surface area contributed by atoms with Crippen molar-refractivity contribution >= 4 is 11.9 Å². The molecule has 174 valence electrons. The zero-order valence-electron chi connectivity index (χ0n) is 19.3. The predicted octanol–water partition coefficient (Wildman–Crippen LogP) is 7.15. The van der Waals surface area contributed by atoms with Gasteiger partial charge in [0.05, 0.1) is 0 Å². The minimum absolute atomic E-state index is 0.0993. The summed E-state index contributed by atoms with van der Waals surface area (Å²) in [5.74, 6) is -0.199. The Hall–Kier alpha value is -2.62. The Morgan fingerprint density at radius 3 is 1.12 bits per heavy atom. The van der Waals surface area contributed by atoms with Crippen LogP contribution in [-0.2, 0) is 32.3 Å². The summed E-state index contributed by atoms with van der Waals surface area (Å²) >= 11 is 0. The average Bonchev–Trinajstić information content (AvgIpc) is 2.83. The normalized spacial score (nSPS) is 10.6. The summed E-state index contributed by atoms with van der Waals surface area (Å²) in [6.45, 7) is 0.739. The van der Waals surface area contributed by atoms with Gasteiger partial charge in [0.15, 0.2) is 0 Å². The second-order valence-electron chi connectivity index (χ2n) is 8.33. The van der Waals surface area contributed by atoms with Crippen LogP contribution >= 0.6 is 0 Å². The first-order valence-corrected chi connectivity index (χ1v) is 12.1. The highest BCUT2D eigenvalue weighted by molar-refractivity contribution is 5.69. The van der Waals surface area contributed by atoms with Crippen molar-refractivity contribution in [3.05, 3.63) is 71.8 Å². The maximum Gasteiger partial charge on any atom is 0.306 e. The van der Waals surface area contributed by atoms with Gasteiger partial charge in [0.2, 0.25) is 0 Å². The van der Waals surface area contributed by atoms with Gasteiger partial charge in [-0.2, -0.15) is 0 Å². The van der Waals surface area contributed by atoms with Crippen LogP contribution < -0.4 is 0 Å². The molecule has 2 aromatic rings. The Morgan fingerprint density at radius 2 is 0.781 bits per heavy atom. The molecule has 2 aromatic carbocycles. The summed E-state index contributed by atoms with van der Waals surface area (Å²) in [6.07, 6.45) is 12.3. The molecule has 0 N–H and O–H groups in total. The lowest BCUT2D eigenvalue weighted by Crippen LogP contribution is -2.04. The van der Waals surface area contributed by atoms with Gasteiger partial charge >= 0.3 is 11.9 Å². The number of carbonyl (C=O) groups is 2. The summed E-state index contributed by atoms with van der Waals surface area (Å²) in [5, 5.41) is 0. The van der Waals surface area contributed by atoms with Crippen molar-refractivity contribution in [2.45, 2.75) is 90.3 Å². The molecule has 0 heterocycles. The van der Waals surface area contributed by atoms with Crippen LogP contribution in [0.15, 0.2) is 60.7 Å². The highest BCUT2D eigenvalue weighted by Gasteiger charge is 2.04. The van der Waals surface area contributed by atoms with Crippen molar-refractivity contribution in [1.29, 1.82) is 0 Å². The van der Waals surface area contributed by atoms with Crippen molar-refractivity contribution in [2.75, 3.05) is 0 Å². The van der Waals surface area contributed by atoms with Crippen molar-refractivity contribution in [1.82, 2.24) is 0 Å². The number of ether oxygens (including phenoxy) is 2. The molecule has 0 unspecified atom stereocenters. The summed E-state index contributed by atoms with van der Waals surface area (Å²) in [7, 11) is 0. The van der Waals surface area contributed by atoms with Gasteiger partial charge in [0, 0.05) is 12.8 Å². The third-order valence-electron chi connectivity index (χ3n) is 5.50. The summed E-state index contributed by atoms with van der Waals surface area (Å²) in [5.41, 5.74) is 2.06. The van der Waals surface area contributed by atoms with Crippen LogP contribution in [0.5, 0.6) is 0 Å². The molecule has 0 aliphatic carbocycles. The molecular weight excluding hydrogens is 400 g/mol. The van der Waals surface area contributed by atoms with Crippen LogP contribution in [0.2, 0.25) is 0 Å². The molecule has 0 aliphatic heterocycles. The second kappa shape index (κ2) is 17.0. The predicted molar refractivity (Wildman–Crippen MR) is 128 cm³/mol. The lowest BCUT2D eigenvalue weighted by Gasteiger charge is -2.06. The summed E-state index contributed by atoms with van der Waals surface area (Å²) < 4.78 is 10.6. The average molecular weight is 439 g/mol. The quantitative estimate of drug-likeness (QED) is 0.194. The van der Waals surface area contributed by atoms with E-state index in [2.05, 4.69) is 0 Å². The lowest BCUT2D eigenvalue weighted by atomic mass is 10.1. The van der Waals surface area contributed by atoms with E-state index in [1.807, 2.05) is 60.7 Å². The Bertz CT molecular complexity index is 677. The molecule has 0 aliphatic rings. The van der Waals surface area contributed by atoms with Gasteiger partial charge in [-0.25, -0.2) is 0 Å². The van der Waals surface area contributed by atoms with Gasteiger partial charge in [-0.3, -0.25) is 9.59 Å². The van der Waals surface area contributed by atoms with Crippen LogP contribution in [0.3, 0.4) is 0 Å². The van der Waals surface area contributed by atoms with Gasteiger partial charge in [0.1, 0.15) is 13.2 Å². The molecule has 0 atom stereocenters. The van der Waals surface area contributed by atoms with E-state index in [-0.39, 0.29) is 11.9 Å². The van der Waals surface area contributed by atoms with Crippen LogP contribution in [0.4, 0.5) is 0 Å². The SMILES string of the molecule is O=C(CCCCCCCCCCCCC(=O)OCc1ccccc1)OCc1ccccc1. The molecule has 4 heteroatoms. The van der Waals surface area contributed by atoms with E-state index in [1.54, 1.807) is 0 Å². The van der Waals surface area contributed by atoms with Crippen LogP contribution in [0.25, 0.3) is 0 Å². The van der Waals surface area contributed by atoms with E-state index >= 15 is 0 Å². The van der Waals surface area contributed by atoms with Crippen LogP contribution in [0, 0.1) is 0 Å². The molecule has 0 saturated heterocycles. The van der Waals surface area contributed by atoms with Gasteiger partial charge in [0.25, 0.3) is 0 Å². The lowest BCUT2D eigenvalue weighted by molar-refractivity contribution is -0.146. The second-order valence-corrected chi connectivity index (χ2v) is 8.33. The third kappa shape index (κ3) is 12.9. The number of rotatable bonds is 17. The minimum Gasteiger partial charge on any atom is -0.461 e. The zero-order valence-corrected chi connectivity index (χ0v) is 19.3. The highest BCUT2D eigenvalue weighted by Crippen LogP contribution is 2.13. The van der Waals surface area contributed by atoms with E-state index in [0.717, 1.165) is 36.8 Å². The highest BCUT2D eigenvalue weighted by atomic mass is 16.5. The van der Waals surface area contributed by atoms with Crippen molar-refractivity contribution in [3.8, 4) is 0 Å². The number of esters is 2. The summed E-state index contributed by atoms with van der Waals surface area (Å²) in [6, 6.07) is 19.6. The van der Waals surface area contributed by atoms with Crippen molar-refractivity contribution in [3.63, 3.8) is 0 Å². The molecule has 0 fully saturated rings. The molecule has 0 radical (unpaired) electrons. The molecule has 0 amide bonds. The Morgan fingerprint density at radius 1 is 0.469 bits per heavy atom. The molecule has 0 aromatic heterocycles. The molecule has 0 bridgehead atoms. The number of hydrogen-bond acceptors (Lipinski definition) is 4. The van der Waals surface area contributed by atoms with Crippen molar-refractivity contribution < 1.29 is 19.1 Å². The smallest absolute Gasteiger partial charge is 0.306 e. The Labute approximate surface area is 193 Å². The largest absolute Gasteiger partial charge is 0.461 e. The topological polar surface area (TPSA) is 52.6 Å². The molecule has 32 heavy (non-hydrogen) atoms. The van der Waals surface area contributed by atoms with E-state index in [0.29, 0.717) is 26.1 Å². The van der Waals surface area contributed by atoms with E-state index in [4.69, 9.17) is 9.47 Å². The molecular formula is C28H38O4. The fraction of sp³-hybridized carbons (Fsp3) is 0.500. The van der Waals surface area contributed by atoms with Gasteiger partial charge in [-0.15, -0.1) is 0 Å². The first-order valence-electron chi connectivity index (χ1n) is 12.1. The fourth-order valence-electron chi connectivity index (χ4n) is 3.57. The molecule has 2 rings (SSSR count). The molecule has 4 nitrogen and oxygen atoms in total. The number of carbonyl (C=O) groups excluding carboxylic acids is 2. The zero-order chi connectivity index (χ0) is 22.7. The van der Waals surface area contributed by atoms with E-state index < -0.39 is 0 Å². The van der Waals surface area contributed by atoms with Crippen molar-refractivity contribution in [2.24, 2.45) is 0 Å². The number of hydrogen-bond donors (Lipinski definition) is 0. The first kappa shape index (κ1) is 25.6. The van der Waals surface area contributed by atoms with Gasteiger partial charge in [-0.05, 0) is 24.0 Å². The van der Waals surface area contributed by atoms with Crippen LogP contribution in [-0.4, -0.2) is 11.9 Å². The molecule has 0 spiro atoms. The Kier molecular flexibility index (Phi) is 13.6.